The number of hydrogen-bond donors (Lipinski definition) is 1. The summed E-state index contributed by atoms with van der Waals surface area (Å²) in [5.74, 6) is 0.0297. The van der Waals surface area contributed by atoms with Crippen molar-refractivity contribution in [3.63, 3.8) is 0 Å². The zero-order valence-electron chi connectivity index (χ0n) is 16.5. The average molecular weight is 386 g/mol. The number of ether oxygens (including phenoxy) is 1. The normalized spacial score (nSPS) is 11.8. The minimum Gasteiger partial charge on any atom is -0.492 e. The third kappa shape index (κ3) is 6.68. The van der Waals surface area contributed by atoms with Crippen LogP contribution < -0.4 is 10.1 Å². The van der Waals surface area contributed by atoms with Crippen LogP contribution in [0, 0.1) is 11.7 Å². The molecule has 28 heavy (non-hydrogen) atoms. The standard InChI is InChI=1S/C22H27FN2O3/c1-16(2)15-20(26)24-21(17-7-5-4-6-8-17)22(27)25(3)13-14-28-19-11-9-18(23)10-12-19/h4-12,16,21H,13-15H2,1-3H3,(H,24,26). The highest BCUT2D eigenvalue weighted by atomic mass is 19.1. The second-order valence-electron chi connectivity index (χ2n) is 7.07. The summed E-state index contributed by atoms with van der Waals surface area (Å²) in [5.41, 5.74) is 0.732. The van der Waals surface area contributed by atoms with Crippen molar-refractivity contribution in [3.05, 3.63) is 66.0 Å². The Labute approximate surface area is 165 Å². The first-order chi connectivity index (χ1) is 13.4. The van der Waals surface area contributed by atoms with Crippen LogP contribution in [0.4, 0.5) is 4.39 Å². The summed E-state index contributed by atoms with van der Waals surface area (Å²) in [6.07, 6.45) is 0.355. The summed E-state index contributed by atoms with van der Waals surface area (Å²) in [4.78, 5) is 26.7. The van der Waals surface area contributed by atoms with Gasteiger partial charge in [-0.15, -0.1) is 0 Å². The Morgan fingerprint density at radius 2 is 1.71 bits per heavy atom. The lowest BCUT2D eigenvalue weighted by molar-refractivity contribution is -0.136. The monoisotopic (exact) mass is 386 g/mol. The first-order valence-electron chi connectivity index (χ1n) is 9.34. The Bertz CT molecular complexity index is 763. The fraction of sp³-hybridized carbons (Fsp3) is 0.364. The number of hydrogen-bond acceptors (Lipinski definition) is 3. The molecule has 0 aliphatic heterocycles. The Kier molecular flexibility index (Phi) is 7.99. The summed E-state index contributed by atoms with van der Waals surface area (Å²) in [6.45, 7) is 4.50. The molecule has 0 saturated heterocycles. The highest BCUT2D eigenvalue weighted by Crippen LogP contribution is 2.17. The van der Waals surface area contributed by atoms with Crippen LogP contribution in [0.2, 0.25) is 0 Å². The topological polar surface area (TPSA) is 58.6 Å². The molecule has 0 aliphatic rings. The fourth-order valence-corrected chi connectivity index (χ4v) is 2.69. The molecule has 1 atom stereocenters. The zero-order valence-corrected chi connectivity index (χ0v) is 16.5. The number of carbonyl (C=O) groups is 2. The van der Waals surface area contributed by atoms with E-state index in [1.54, 1.807) is 7.05 Å². The van der Waals surface area contributed by atoms with E-state index in [1.165, 1.54) is 29.2 Å². The van der Waals surface area contributed by atoms with Crippen molar-refractivity contribution in [2.45, 2.75) is 26.3 Å². The molecule has 2 aromatic carbocycles. The van der Waals surface area contributed by atoms with E-state index in [2.05, 4.69) is 5.32 Å². The van der Waals surface area contributed by atoms with E-state index in [0.717, 1.165) is 5.56 Å². The average Bonchev–Trinajstić information content (AvgIpc) is 2.67. The molecule has 0 radical (unpaired) electrons. The van der Waals surface area contributed by atoms with Crippen LogP contribution in [0.15, 0.2) is 54.6 Å². The van der Waals surface area contributed by atoms with Crippen LogP contribution in [0.25, 0.3) is 0 Å². The van der Waals surface area contributed by atoms with Crippen molar-refractivity contribution in [2.24, 2.45) is 5.92 Å². The summed E-state index contributed by atoms with van der Waals surface area (Å²) in [5, 5.41) is 2.85. The second-order valence-corrected chi connectivity index (χ2v) is 7.07. The van der Waals surface area contributed by atoms with Crippen LogP contribution in [0.3, 0.4) is 0 Å². The van der Waals surface area contributed by atoms with Crippen LogP contribution in [0.5, 0.6) is 5.75 Å². The van der Waals surface area contributed by atoms with E-state index in [9.17, 15) is 14.0 Å². The lowest BCUT2D eigenvalue weighted by atomic mass is 10.0. The van der Waals surface area contributed by atoms with Gasteiger partial charge in [-0.3, -0.25) is 9.59 Å². The van der Waals surface area contributed by atoms with Crippen LogP contribution in [0.1, 0.15) is 31.9 Å². The largest absolute Gasteiger partial charge is 0.492 e. The van der Waals surface area contributed by atoms with E-state index in [0.29, 0.717) is 18.7 Å². The first-order valence-corrected chi connectivity index (χ1v) is 9.34. The van der Waals surface area contributed by atoms with Crippen molar-refractivity contribution in [1.29, 1.82) is 0 Å². The van der Waals surface area contributed by atoms with Gasteiger partial charge in [0.2, 0.25) is 11.8 Å². The number of amides is 2. The minimum absolute atomic E-state index is 0.159. The molecule has 2 amide bonds. The van der Waals surface area contributed by atoms with Gasteiger partial charge in [0.1, 0.15) is 24.2 Å². The van der Waals surface area contributed by atoms with E-state index in [1.807, 2.05) is 44.2 Å². The Morgan fingerprint density at radius 3 is 2.32 bits per heavy atom. The molecule has 0 saturated carbocycles. The SMILES string of the molecule is CC(C)CC(=O)NC(C(=O)N(C)CCOc1ccc(F)cc1)c1ccccc1. The molecule has 1 unspecified atom stereocenters. The molecule has 0 fully saturated rings. The van der Waals surface area contributed by atoms with Crippen LogP contribution >= 0.6 is 0 Å². The highest BCUT2D eigenvalue weighted by Gasteiger charge is 2.25. The van der Waals surface area contributed by atoms with Gasteiger partial charge in [-0.25, -0.2) is 4.39 Å². The van der Waals surface area contributed by atoms with Gasteiger partial charge in [-0.2, -0.15) is 0 Å². The lowest BCUT2D eigenvalue weighted by Gasteiger charge is -2.25. The number of halogens is 1. The number of nitrogens with one attached hydrogen (secondary N) is 1. The number of nitrogens with zero attached hydrogens (tertiary/aromatic N) is 1. The van der Waals surface area contributed by atoms with E-state index in [4.69, 9.17) is 4.74 Å². The molecule has 1 N–H and O–H groups in total. The maximum atomic E-state index is 13.0. The van der Waals surface area contributed by atoms with Gasteiger partial charge in [0.15, 0.2) is 0 Å². The fourth-order valence-electron chi connectivity index (χ4n) is 2.69. The van der Waals surface area contributed by atoms with E-state index in [-0.39, 0.29) is 30.2 Å². The quantitative estimate of drug-likeness (QED) is 0.717. The first kappa shape index (κ1) is 21.4. The van der Waals surface area contributed by atoms with Crippen LogP contribution in [-0.4, -0.2) is 36.9 Å². The van der Waals surface area contributed by atoms with E-state index >= 15 is 0 Å². The predicted molar refractivity (Wildman–Crippen MR) is 106 cm³/mol. The number of carbonyl (C=O) groups excluding carboxylic acids is 2. The van der Waals surface area contributed by atoms with Crippen molar-refractivity contribution in [2.75, 3.05) is 20.2 Å². The highest BCUT2D eigenvalue weighted by molar-refractivity contribution is 5.88. The van der Waals surface area contributed by atoms with Crippen molar-refractivity contribution in [1.82, 2.24) is 10.2 Å². The molecule has 6 heteroatoms. The Hall–Kier alpha value is -2.89. The number of rotatable bonds is 9. The van der Waals surface area contributed by atoms with Crippen molar-refractivity contribution in [3.8, 4) is 5.75 Å². The lowest BCUT2D eigenvalue weighted by Crippen LogP contribution is -2.42. The summed E-state index contributed by atoms with van der Waals surface area (Å²) >= 11 is 0. The third-order valence-corrected chi connectivity index (χ3v) is 4.16. The maximum Gasteiger partial charge on any atom is 0.249 e. The molecule has 2 rings (SSSR count). The van der Waals surface area contributed by atoms with Crippen LogP contribution in [-0.2, 0) is 9.59 Å². The third-order valence-electron chi connectivity index (χ3n) is 4.16. The maximum absolute atomic E-state index is 13.0. The van der Waals surface area contributed by atoms with E-state index < -0.39 is 6.04 Å². The molecule has 150 valence electrons. The van der Waals surface area contributed by atoms with Gasteiger partial charge in [-0.1, -0.05) is 44.2 Å². The van der Waals surface area contributed by atoms with Gasteiger partial charge < -0.3 is 15.0 Å². The van der Waals surface area contributed by atoms with Gasteiger partial charge in [0, 0.05) is 13.5 Å². The smallest absolute Gasteiger partial charge is 0.249 e. The molecule has 2 aromatic rings. The van der Waals surface area contributed by atoms with Gasteiger partial charge in [-0.05, 0) is 35.7 Å². The minimum atomic E-state index is -0.747. The molecule has 0 heterocycles. The summed E-state index contributed by atoms with van der Waals surface area (Å²) in [7, 11) is 1.67. The van der Waals surface area contributed by atoms with Gasteiger partial charge in [0.25, 0.3) is 0 Å². The molecule has 5 nitrogen and oxygen atoms in total. The van der Waals surface area contributed by atoms with Crippen molar-refractivity contribution < 1.29 is 18.7 Å². The molecular weight excluding hydrogens is 359 g/mol. The van der Waals surface area contributed by atoms with Gasteiger partial charge >= 0.3 is 0 Å². The molecular formula is C22H27FN2O3. The second kappa shape index (κ2) is 10.4. The Balaban J connectivity index is 1.99. The van der Waals surface area contributed by atoms with Crippen molar-refractivity contribution >= 4 is 11.8 Å². The zero-order chi connectivity index (χ0) is 20.5. The predicted octanol–water partition coefficient (Wildman–Crippen LogP) is 3.57. The molecule has 0 spiro atoms. The molecule has 0 aromatic heterocycles. The number of benzene rings is 2. The number of likely N-dealkylation sites (N-methyl/N-ethyl adjacent to an activating group) is 1. The molecule has 0 bridgehead atoms. The summed E-state index contributed by atoms with van der Waals surface area (Å²) < 4.78 is 18.5. The molecule has 0 aliphatic carbocycles. The van der Waals surface area contributed by atoms with Gasteiger partial charge in [0.05, 0.1) is 6.54 Å². The summed E-state index contributed by atoms with van der Waals surface area (Å²) in [6, 6.07) is 14.1. The Morgan fingerprint density at radius 1 is 1.07 bits per heavy atom.